The van der Waals surface area contributed by atoms with Gasteiger partial charge in [0.05, 0.1) is 18.2 Å². The standard InChI is InChI=1S/C16H15F3N4O/c1-9(24)4-21-15-22-6-11(7-23-15)13-3-12(16(17,18)19)2-10-5-20-8-14(10)13/h2-3,6-9,24H,4-5H2,1H3,(H,21,22,23)/t9-/m1/s1. The lowest BCUT2D eigenvalue weighted by Crippen LogP contribution is -2.16. The van der Waals surface area contributed by atoms with Gasteiger partial charge in [-0.3, -0.25) is 4.99 Å². The molecule has 0 fully saturated rings. The summed E-state index contributed by atoms with van der Waals surface area (Å²) >= 11 is 0. The van der Waals surface area contributed by atoms with E-state index in [-0.39, 0.29) is 13.1 Å². The minimum absolute atomic E-state index is 0.237. The molecule has 24 heavy (non-hydrogen) atoms. The number of nitrogens with one attached hydrogen (secondary N) is 1. The highest BCUT2D eigenvalue weighted by Gasteiger charge is 2.32. The third kappa shape index (κ3) is 3.38. The summed E-state index contributed by atoms with van der Waals surface area (Å²) in [7, 11) is 0. The SMILES string of the molecule is C[C@@H](O)CNc1ncc(-c2cc(C(F)(F)F)cc3c2C=NC3)cn1. The molecule has 1 atom stereocenters. The van der Waals surface area contributed by atoms with Crippen LogP contribution in [0.4, 0.5) is 19.1 Å². The van der Waals surface area contributed by atoms with Gasteiger partial charge in [0.15, 0.2) is 0 Å². The van der Waals surface area contributed by atoms with Gasteiger partial charge in [-0.05, 0) is 30.2 Å². The molecule has 0 amide bonds. The van der Waals surface area contributed by atoms with Crippen LogP contribution in [0.2, 0.25) is 0 Å². The number of halogens is 3. The van der Waals surface area contributed by atoms with E-state index < -0.39 is 17.8 Å². The van der Waals surface area contributed by atoms with Crippen molar-refractivity contribution < 1.29 is 18.3 Å². The van der Waals surface area contributed by atoms with Gasteiger partial charge in [0.25, 0.3) is 0 Å². The van der Waals surface area contributed by atoms with Crippen LogP contribution < -0.4 is 5.32 Å². The number of aliphatic imine (C=N–C) groups is 1. The summed E-state index contributed by atoms with van der Waals surface area (Å²) in [6, 6.07) is 2.23. The maximum absolute atomic E-state index is 13.1. The Kier molecular flexibility index (Phi) is 4.23. The summed E-state index contributed by atoms with van der Waals surface area (Å²) in [5.41, 5.74) is 1.38. The second-order valence-electron chi connectivity index (χ2n) is 5.59. The Labute approximate surface area is 136 Å². The minimum Gasteiger partial charge on any atom is -0.392 e. The van der Waals surface area contributed by atoms with Crippen LogP contribution in [0, 0.1) is 0 Å². The Morgan fingerprint density at radius 3 is 2.58 bits per heavy atom. The lowest BCUT2D eigenvalue weighted by atomic mass is 9.95. The van der Waals surface area contributed by atoms with Crippen LogP contribution in [0.5, 0.6) is 0 Å². The molecule has 126 valence electrons. The number of aliphatic hydroxyl groups excluding tert-OH is 1. The van der Waals surface area contributed by atoms with Crippen LogP contribution in [0.3, 0.4) is 0 Å². The van der Waals surface area contributed by atoms with Gasteiger partial charge in [-0.2, -0.15) is 13.2 Å². The number of aliphatic hydroxyl groups is 1. The zero-order valence-electron chi connectivity index (χ0n) is 12.8. The summed E-state index contributed by atoms with van der Waals surface area (Å²) in [5, 5.41) is 12.1. The van der Waals surface area contributed by atoms with Gasteiger partial charge in [-0.15, -0.1) is 0 Å². The molecule has 2 aromatic rings. The molecule has 8 heteroatoms. The lowest BCUT2D eigenvalue weighted by molar-refractivity contribution is -0.137. The fourth-order valence-electron chi connectivity index (χ4n) is 2.43. The van der Waals surface area contributed by atoms with Gasteiger partial charge in [0.1, 0.15) is 0 Å². The molecule has 1 aliphatic heterocycles. The highest BCUT2D eigenvalue weighted by Crippen LogP contribution is 2.36. The van der Waals surface area contributed by atoms with Crippen molar-refractivity contribution in [1.82, 2.24) is 9.97 Å². The van der Waals surface area contributed by atoms with E-state index in [1.807, 2.05) is 0 Å². The summed E-state index contributed by atoms with van der Waals surface area (Å²) in [4.78, 5) is 12.2. The van der Waals surface area contributed by atoms with Gasteiger partial charge in [0, 0.05) is 36.3 Å². The Bertz CT molecular complexity index is 770. The van der Waals surface area contributed by atoms with E-state index in [4.69, 9.17) is 0 Å². The van der Waals surface area contributed by atoms with Gasteiger partial charge in [-0.25, -0.2) is 9.97 Å². The van der Waals surface area contributed by atoms with E-state index >= 15 is 0 Å². The molecule has 0 aliphatic carbocycles. The molecule has 2 N–H and O–H groups in total. The first kappa shape index (κ1) is 16.4. The molecular formula is C16H15F3N4O. The van der Waals surface area contributed by atoms with Gasteiger partial charge < -0.3 is 10.4 Å². The molecule has 3 rings (SSSR count). The van der Waals surface area contributed by atoms with Crippen molar-refractivity contribution in [1.29, 1.82) is 0 Å². The third-order valence-corrected chi connectivity index (χ3v) is 3.59. The number of fused-ring (bicyclic) bond motifs is 1. The summed E-state index contributed by atoms with van der Waals surface area (Å²) in [6.07, 6.45) is -0.495. The monoisotopic (exact) mass is 336 g/mol. The number of nitrogens with zero attached hydrogens (tertiary/aromatic N) is 3. The first-order chi connectivity index (χ1) is 11.3. The topological polar surface area (TPSA) is 70.4 Å². The van der Waals surface area contributed by atoms with E-state index in [0.29, 0.717) is 28.2 Å². The van der Waals surface area contributed by atoms with E-state index in [2.05, 4.69) is 20.3 Å². The normalized spacial score (nSPS) is 14.5. The second kappa shape index (κ2) is 6.20. The molecular weight excluding hydrogens is 321 g/mol. The van der Waals surface area contributed by atoms with Crippen molar-refractivity contribution in [3.8, 4) is 11.1 Å². The van der Waals surface area contributed by atoms with Crippen LogP contribution in [0.25, 0.3) is 11.1 Å². The Hall–Kier alpha value is -2.48. The van der Waals surface area contributed by atoms with E-state index in [1.165, 1.54) is 12.4 Å². The summed E-state index contributed by atoms with van der Waals surface area (Å²) in [5.74, 6) is 0.303. The van der Waals surface area contributed by atoms with Crippen molar-refractivity contribution in [3.05, 3.63) is 41.2 Å². The van der Waals surface area contributed by atoms with Crippen molar-refractivity contribution >= 4 is 12.2 Å². The Morgan fingerprint density at radius 2 is 1.96 bits per heavy atom. The predicted molar refractivity (Wildman–Crippen MR) is 83.9 cm³/mol. The number of alkyl halides is 3. The zero-order chi connectivity index (χ0) is 17.3. The van der Waals surface area contributed by atoms with Crippen LogP contribution in [0.1, 0.15) is 23.6 Å². The number of anilines is 1. The van der Waals surface area contributed by atoms with Crippen molar-refractivity contribution in [2.24, 2.45) is 4.99 Å². The molecule has 1 aromatic carbocycles. The lowest BCUT2D eigenvalue weighted by Gasteiger charge is -2.13. The molecule has 2 heterocycles. The zero-order valence-corrected chi connectivity index (χ0v) is 12.8. The minimum atomic E-state index is -4.42. The molecule has 0 radical (unpaired) electrons. The molecule has 1 aromatic heterocycles. The van der Waals surface area contributed by atoms with Gasteiger partial charge >= 0.3 is 6.18 Å². The largest absolute Gasteiger partial charge is 0.416 e. The van der Waals surface area contributed by atoms with Gasteiger partial charge in [0.2, 0.25) is 5.95 Å². The summed E-state index contributed by atoms with van der Waals surface area (Å²) in [6.45, 7) is 2.14. The van der Waals surface area contributed by atoms with E-state index in [9.17, 15) is 18.3 Å². The van der Waals surface area contributed by atoms with Crippen LogP contribution in [0.15, 0.2) is 29.5 Å². The van der Waals surface area contributed by atoms with Crippen molar-refractivity contribution in [2.75, 3.05) is 11.9 Å². The maximum atomic E-state index is 13.1. The summed E-state index contributed by atoms with van der Waals surface area (Å²) < 4.78 is 39.3. The first-order valence-electron chi connectivity index (χ1n) is 7.33. The van der Waals surface area contributed by atoms with E-state index in [0.717, 1.165) is 12.1 Å². The van der Waals surface area contributed by atoms with Crippen molar-refractivity contribution in [2.45, 2.75) is 25.7 Å². The fourth-order valence-corrected chi connectivity index (χ4v) is 2.43. The Balaban J connectivity index is 1.97. The number of benzene rings is 1. The molecule has 0 spiro atoms. The third-order valence-electron chi connectivity index (χ3n) is 3.59. The average Bonchev–Trinajstić information content (AvgIpc) is 3.00. The highest BCUT2D eigenvalue weighted by atomic mass is 19.4. The average molecular weight is 336 g/mol. The first-order valence-corrected chi connectivity index (χ1v) is 7.33. The van der Waals surface area contributed by atoms with Crippen LogP contribution in [-0.2, 0) is 12.7 Å². The number of aromatic nitrogens is 2. The van der Waals surface area contributed by atoms with Crippen LogP contribution in [-0.4, -0.2) is 33.9 Å². The molecule has 0 unspecified atom stereocenters. The Morgan fingerprint density at radius 1 is 1.25 bits per heavy atom. The fraction of sp³-hybridized carbons (Fsp3) is 0.312. The van der Waals surface area contributed by atoms with Crippen molar-refractivity contribution in [3.63, 3.8) is 0 Å². The highest BCUT2D eigenvalue weighted by molar-refractivity contribution is 5.94. The second-order valence-corrected chi connectivity index (χ2v) is 5.59. The quantitative estimate of drug-likeness (QED) is 0.901. The van der Waals surface area contributed by atoms with Crippen LogP contribution >= 0.6 is 0 Å². The molecule has 0 bridgehead atoms. The smallest absolute Gasteiger partial charge is 0.392 e. The molecule has 0 saturated heterocycles. The molecule has 0 saturated carbocycles. The van der Waals surface area contributed by atoms with E-state index in [1.54, 1.807) is 13.1 Å². The maximum Gasteiger partial charge on any atom is 0.416 e. The molecule has 1 aliphatic rings. The number of rotatable bonds is 4. The number of hydrogen-bond donors (Lipinski definition) is 2. The predicted octanol–water partition coefficient (Wildman–Crippen LogP) is 2.89. The molecule has 5 nitrogen and oxygen atoms in total. The van der Waals surface area contributed by atoms with Gasteiger partial charge in [-0.1, -0.05) is 0 Å². The number of hydrogen-bond acceptors (Lipinski definition) is 5.